The first-order valence-corrected chi connectivity index (χ1v) is 11.5. The van der Waals surface area contributed by atoms with Crippen molar-refractivity contribution < 1.29 is 23.9 Å². The quantitative estimate of drug-likeness (QED) is 0.666. The number of amides is 2. The summed E-state index contributed by atoms with van der Waals surface area (Å²) in [5.74, 6) is 0.923. The molecular formula is C23H32N4O5. The molecule has 0 atom stereocenters. The lowest BCUT2D eigenvalue weighted by Gasteiger charge is -2.35. The highest BCUT2D eigenvalue weighted by Crippen LogP contribution is 2.37. The molecule has 0 spiro atoms. The number of ether oxygens (including phenoxy) is 2. The second-order valence-electron chi connectivity index (χ2n) is 8.70. The van der Waals surface area contributed by atoms with Gasteiger partial charge in [0.25, 0.3) is 0 Å². The molecular weight excluding hydrogens is 412 g/mol. The topological polar surface area (TPSA) is 91.4 Å². The van der Waals surface area contributed by atoms with E-state index in [1.807, 2.05) is 4.90 Å². The summed E-state index contributed by atoms with van der Waals surface area (Å²) in [6.45, 7) is 6.98. The number of nitrogens with zero attached hydrogens (tertiary/aromatic N) is 3. The molecule has 9 heteroatoms. The van der Waals surface area contributed by atoms with Crippen LogP contribution in [0.4, 0.5) is 5.69 Å². The normalized spacial score (nSPS) is 19.5. The Kier molecular flexibility index (Phi) is 7.26. The van der Waals surface area contributed by atoms with E-state index >= 15 is 0 Å². The van der Waals surface area contributed by atoms with Gasteiger partial charge in [0.05, 0.1) is 18.8 Å². The van der Waals surface area contributed by atoms with Crippen LogP contribution in [0.1, 0.15) is 43.0 Å². The van der Waals surface area contributed by atoms with E-state index in [2.05, 4.69) is 15.1 Å². The minimum absolute atomic E-state index is 0.106. The van der Waals surface area contributed by atoms with Gasteiger partial charge in [-0.2, -0.15) is 0 Å². The van der Waals surface area contributed by atoms with E-state index in [1.54, 1.807) is 12.1 Å². The SMILES string of the molecule is CC(=O)c1cc2c(cc1NC(=O)CN1CCN(CC(=O)N3CCCCCC3)CC1)OCO2. The molecule has 3 aliphatic heterocycles. The van der Waals surface area contributed by atoms with Crippen molar-refractivity contribution in [2.45, 2.75) is 32.6 Å². The zero-order valence-electron chi connectivity index (χ0n) is 18.7. The van der Waals surface area contributed by atoms with Crippen LogP contribution in [0.3, 0.4) is 0 Å². The van der Waals surface area contributed by atoms with Crippen molar-refractivity contribution in [3.05, 3.63) is 17.7 Å². The summed E-state index contributed by atoms with van der Waals surface area (Å²) in [5, 5.41) is 2.85. The lowest BCUT2D eigenvalue weighted by atomic mass is 10.1. The lowest BCUT2D eigenvalue weighted by molar-refractivity contribution is -0.133. The van der Waals surface area contributed by atoms with Crippen molar-refractivity contribution in [1.82, 2.24) is 14.7 Å². The minimum atomic E-state index is -0.180. The molecule has 0 saturated carbocycles. The number of piperazine rings is 1. The first kappa shape index (κ1) is 22.5. The molecule has 2 fully saturated rings. The van der Waals surface area contributed by atoms with Gasteiger partial charge in [-0.15, -0.1) is 0 Å². The van der Waals surface area contributed by atoms with Gasteiger partial charge in [-0.05, 0) is 25.8 Å². The number of nitrogens with one attached hydrogen (secondary N) is 1. The summed E-state index contributed by atoms with van der Waals surface area (Å²) in [7, 11) is 0. The second-order valence-corrected chi connectivity index (χ2v) is 8.70. The summed E-state index contributed by atoms with van der Waals surface area (Å²) in [4.78, 5) is 43.5. The molecule has 0 aromatic heterocycles. The van der Waals surface area contributed by atoms with Gasteiger partial charge >= 0.3 is 0 Å². The predicted molar refractivity (Wildman–Crippen MR) is 119 cm³/mol. The van der Waals surface area contributed by atoms with E-state index in [0.717, 1.165) is 52.1 Å². The molecule has 1 aromatic carbocycles. The molecule has 0 radical (unpaired) electrons. The Hall–Kier alpha value is -2.65. The second kappa shape index (κ2) is 10.3. The Morgan fingerprint density at radius 3 is 2.06 bits per heavy atom. The molecule has 174 valence electrons. The van der Waals surface area contributed by atoms with Gasteiger partial charge in [0.1, 0.15) is 0 Å². The molecule has 1 N–H and O–H groups in total. The monoisotopic (exact) mass is 444 g/mol. The van der Waals surface area contributed by atoms with Crippen LogP contribution < -0.4 is 14.8 Å². The molecule has 9 nitrogen and oxygen atoms in total. The minimum Gasteiger partial charge on any atom is -0.454 e. The van der Waals surface area contributed by atoms with Crippen molar-refractivity contribution in [3.8, 4) is 11.5 Å². The van der Waals surface area contributed by atoms with Crippen LogP contribution in [0.15, 0.2) is 12.1 Å². The number of hydrogen-bond acceptors (Lipinski definition) is 7. The number of ketones is 1. The Morgan fingerprint density at radius 2 is 1.44 bits per heavy atom. The molecule has 3 aliphatic rings. The highest BCUT2D eigenvalue weighted by atomic mass is 16.7. The Morgan fingerprint density at radius 1 is 0.844 bits per heavy atom. The Balaban J connectivity index is 1.25. The number of rotatable bonds is 6. The molecule has 0 bridgehead atoms. The van der Waals surface area contributed by atoms with E-state index in [4.69, 9.17) is 9.47 Å². The molecule has 4 rings (SSSR count). The average molecular weight is 445 g/mol. The largest absolute Gasteiger partial charge is 0.454 e. The van der Waals surface area contributed by atoms with Gasteiger partial charge in [0.2, 0.25) is 18.6 Å². The van der Waals surface area contributed by atoms with E-state index in [9.17, 15) is 14.4 Å². The van der Waals surface area contributed by atoms with Gasteiger partial charge in [-0.3, -0.25) is 24.2 Å². The van der Waals surface area contributed by atoms with Gasteiger partial charge < -0.3 is 19.7 Å². The number of Topliss-reactive ketones (excluding diaryl/α,β-unsaturated/α-hetero) is 1. The van der Waals surface area contributed by atoms with Crippen molar-refractivity contribution >= 4 is 23.3 Å². The third-order valence-corrected chi connectivity index (χ3v) is 6.32. The van der Waals surface area contributed by atoms with Crippen LogP contribution in [0.25, 0.3) is 0 Å². The van der Waals surface area contributed by atoms with Gasteiger partial charge in [-0.25, -0.2) is 0 Å². The van der Waals surface area contributed by atoms with Crippen LogP contribution in [0.2, 0.25) is 0 Å². The van der Waals surface area contributed by atoms with Crippen molar-refractivity contribution in [1.29, 1.82) is 0 Å². The predicted octanol–water partition coefficient (Wildman–Crippen LogP) is 1.58. The maximum Gasteiger partial charge on any atom is 0.238 e. The highest BCUT2D eigenvalue weighted by molar-refractivity contribution is 6.05. The number of hydrogen-bond donors (Lipinski definition) is 1. The third-order valence-electron chi connectivity index (χ3n) is 6.32. The first-order valence-electron chi connectivity index (χ1n) is 11.5. The first-order chi connectivity index (χ1) is 15.5. The van der Waals surface area contributed by atoms with Crippen LogP contribution in [0.5, 0.6) is 11.5 Å². The number of likely N-dealkylation sites (tertiary alicyclic amines) is 1. The Bertz CT molecular complexity index is 858. The third kappa shape index (κ3) is 5.58. The van der Waals surface area contributed by atoms with Crippen molar-refractivity contribution in [2.24, 2.45) is 0 Å². The number of anilines is 1. The molecule has 3 heterocycles. The van der Waals surface area contributed by atoms with Gasteiger partial charge in [0, 0.05) is 50.9 Å². The molecule has 2 amide bonds. The zero-order chi connectivity index (χ0) is 22.5. The smallest absolute Gasteiger partial charge is 0.238 e. The lowest BCUT2D eigenvalue weighted by Crippen LogP contribution is -2.51. The molecule has 0 aliphatic carbocycles. The summed E-state index contributed by atoms with van der Waals surface area (Å²) in [5.41, 5.74) is 0.841. The van der Waals surface area contributed by atoms with E-state index in [-0.39, 0.29) is 30.9 Å². The summed E-state index contributed by atoms with van der Waals surface area (Å²) >= 11 is 0. The number of fused-ring (bicyclic) bond motifs is 1. The summed E-state index contributed by atoms with van der Waals surface area (Å²) in [6.07, 6.45) is 4.63. The standard InChI is InChI=1S/C23H32N4O5/c1-17(28)18-12-20-21(32-16-31-20)13-19(18)24-22(29)14-25-8-10-26(11-9-25)15-23(30)27-6-4-2-3-5-7-27/h12-13H,2-11,14-16H2,1H3,(H,24,29). The molecule has 1 aromatic rings. The number of carbonyl (C=O) groups excluding carboxylic acids is 3. The number of carbonyl (C=O) groups is 3. The van der Waals surface area contributed by atoms with E-state index in [1.165, 1.54) is 19.8 Å². The molecule has 32 heavy (non-hydrogen) atoms. The average Bonchev–Trinajstić information content (AvgIpc) is 3.04. The fourth-order valence-corrected chi connectivity index (χ4v) is 4.45. The van der Waals surface area contributed by atoms with E-state index in [0.29, 0.717) is 29.3 Å². The van der Waals surface area contributed by atoms with Crippen LogP contribution in [0, 0.1) is 0 Å². The van der Waals surface area contributed by atoms with Crippen LogP contribution in [-0.4, -0.2) is 91.4 Å². The fraction of sp³-hybridized carbons (Fsp3) is 0.609. The summed E-state index contributed by atoms with van der Waals surface area (Å²) in [6, 6.07) is 3.25. The van der Waals surface area contributed by atoms with Gasteiger partial charge in [0.15, 0.2) is 17.3 Å². The number of benzene rings is 1. The molecule has 2 saturated heterocycles. The Labute approximate surface area is 188 Å². The van der Waals surface area contributed by atoms with Crippen molar-refractivity contribution in [3.63, 3.8) is 0 Å². The maximum atomic E-state index is 12.6. The maximum absolute atomic E-state index is 12.6. The summed E-state index contributed by atoms with van der Waals surface area (Å²) < 4.78 is 10.7. The van der Waals surface area contributed by atoms with Crippen LogP contribution >= 0.6 is 0 Å². The van der Waals surface area contributed by atoms with Crippen molar-refractivity contribution in [2.75, 3.05) is 64.5 Å². The molecule has 0 unspecified atom stereocenters. The van der Waals surface area contributed by atoms with E-state index < -0.39 is 0 Å². The highest BCUT2D eigenvalue weighted by Gasteiger charge is 2.25. The van der Waals surface area contributed by atoms with Crippen LogP contribution in [-0.2, 0) is 9.59 Å². The fourth-order valence-electron chi connectivity index (χ4n) is 4.45. The van der Waals surface area contributed by atoms with Gasteiger partial charge in [-0.1, -0.05) is 12.8 Å². The zero-order valence-corrected chi connectivity index (χ0v) is 18.7.